The van der Waals surface area contributed by atoms with Gasteiger partial charge in [-0.25, -0.2) is 0 Å². The van der Waals surface area contributed by atoms with Gasteiger partial charge in [-0.15, -0.1) is 0 Å². The lowest BCUT2D eigenvalue weighted by molar-refractivity contribution is -0.120. The van der Waals surface area contributed by atoms with Crippen LogP contribution in [-0.2, 0) is 4.79 Å². The highest BCUT2D eigenvalue weighted by Gasteiger charge is 2.09. The third-order valence-electron chi connectivity index (χ3n) is 2.76. The highest BCUT2D eigenvalue weighted by molar-refractivity contribution is 5.87. The van der Waals surface area contributed by atoms with Crippen LogP contribution >= 0.6 is 0 Å². The lowest BCUT2D eigenvalue weighted by atomic mass is 10.2. The first-order valence-corrected chi connectivity index (χ1v) is 7.69. The minimum Gasteiger partial charge on any atom is -0.373 e. The van der Waals surface area contributed by atoms with Crippen LogP contribution in [0.25, 0.3) is 0 Å². The monoisotopic (exact) mass is 291 g/mol. The van der Waals surface area contributed by atoms with Crippen molar-refractivity contribution in [1.82, 2.24) is 5.32 Å². The Morgan fingerprint density at radius 3 is 2.38 bits per heavy atom. The molecule has 3 nitrogen and oxygen atoms in total. The molecule has 1 atom stereocenters. The molecule has 3 heteroatoms. The minimum atomic E-state index is -0.793. The minimum absolute atomic E-state index is 0.0110. The van der Waals surface area contributed by atoms with Crippen LogP contribution in [0.3, 0.4) is 0 Å². The molecule has 0 spiro atoms. The Morgan fingerprint density at radius 1 is 1.05 bits per heavy atom. The van der Waals surface area contributed by atoms with Gasteiger partial charge >= 0.3 is 0 Å². The summed E-state index contributed by atoms with van der Waals surface area (Å²) in [5, 5.41) is 12.0. The molecule has 0 aliphatic heterocycles. The molecule has 0 rings (SSSR count). The molecule has 0 saturated carbocycles. The molecule has 0 bridgehead atoms. The summed E-state index contributed by atoms with van der Waals surface area (Å²) in [6.45, 7) is 5.82. The number of aliphatic hydroxyl groups excluding tert-OH is 1. The second-order valence-electron chi connectivity index (χ2n) is 5.15. The van der Waals surface area contributed by atoms with Gasteiger partial charge in [0.2, 0.25) is 5.91 Å². The van der Waals surface area contributed by atoms with E-state index in [4.69, 9.17) is 0 Å². The Labute approximate surface area is 129 Å². The molecular weight excluding hydrogens is 262 g/mol. The molecule has 0 heterocycles. The van der Waals surface area contributed by atoms with E-state index >= 15 is 0 Å². The van der Waals surface area contributed by atoms with Gasteiger partial charge in [0.1, 0.15) is 6.23 Å². The van der Waals surface area contributed by atoms with Gasteiger partial charge in [-0.1, -0.05) is 63.3 Å². The van der Waals surface area contributed by atoms with Crippen LogP contribution < -0.4 is 5.32 Å². The lowest BCUT2D eigenvalue weighted by Gasteiger charge is -2.14. The third kappa shape index (κ3) is 13.1. The molecule has 0 fully saturated rings. The average molecular weight is 291 g/mol. The van der Waals surface area contributed by atoms with E-state index in [1.807, 2.05) is 26.0 Å². The van der Waals surface area contributed by atoms with Gasteiger partial charge in [-0.05, 0) is 31.6 Å². The zero-order valence-electron chi connectivity index (χ0n) is 13.5. The Morgan fingerprint density at radius 2 is 1.71 bits per heavy atom. The standard InChI is InChI=1S/C18H29NO2/c1-4-5-6-7-8-9-10-11-12-13-14-15-17(20)19-18(21)16(2)3/h5-6,8-9,12-16,18,21H,4,7,10-11H2,1-3H3,(H,19,20)/b6-5-,9-8-,13-12+,15-14+/t18-/m1/s1. The summed E-state index contributed by atoms with van der Waals surface area (Å²) in [6, 6.07) is 0. The highest BCUT2D eigenvalue weighted by atomic mass is 16.3. The number of rotatable bonds is 10. The number of hydrogen-bond acceptors (Lipinski definition) is 2. The molecule has 0 aromatic carbocycles. The highest BCUT2D eigenvalue weighted by Crippen LogP contribution is 1.98. The van der Waals surface area contributed by atoms with Crippen molar-refractivity contribution >= 4 is 5.91 Å². The Kier molecular flexibility index (Phi) is 12.4. The van der Waals surface area contributed by atoms with Gasteiger partial charge in [-0.2, -0.15) is 0 Å². The van der Waals surface area contributed by atoms with Crippen LogP contribution in [0.15, 0.2) is 48.6 Å². The van der Waals surface area contributed by atoms with Crippen LogP contribution in [0, 0.1) is 5.92 Å². The smallest absolute Gasteiger partial charge is 0.245 e. The van der Waals surface area contributed by atoms with E-state index in [9.17, 15) is 9.90 Å². The van der Waals surface area contributed by atoms with Crippen molar-refractivity contribution in [3.8, 4) is 0 Å². The first-order chi connectivity index (χ1) is 10.1. The van der Waals surface area contributed by atoms with Crippen molar-refractivity contribution in [2.45, 2.75) is 52.7 Å². The van der Waals surface area contributed by atoms with E-state index in [1.54, 1.807) is 6.08 Å². The maximum absolute atomic E-state index is 11.4. The third-order valence-corrected chi connectivity index (χ3v) is 2.76. The normalized spacial score (nSPS) is 14.1. The maximum atomic E-state index is 11.4. The fourth-order valence-corrected chi connectivity index (χ4v) is 1.43. The van der Waals surface area contributed by atoms with Crippen molar-refractivity contribution in [3.05, 3.63) is 48.6 Å². The van der Waals surface area contributed by atoms with Crippen LogP contribution in [0.1, 0.15) is 46.5 Å². The first-order valence-electron chi connectivity index (χ1n) is 7.69. The summed E-state index contributed by atoms with van der Waals surface area (Å²) in [5.41, 5.74) is 0. The van der Waals surface area contributed by atoms with Crippen molar-refractivity contribution in [2.75, 3.05) is 0 Å². The lowest BCUT2D eigenvalue weighted by Crippen LogP contribution is -2.37. The fourth-order valence-electron chi connectivity index (χ4n) is 1.43. The number of hydrogen-bond donors (Lipinski definition) is 2. The molecule has 21 heavy (non-hydrogen) atoms. The average Bonchev–Trinajstić information content (AvgIpc) is 2.44. The molecule has 118 valence electrons. The summed E-state index contributed by atoms with van der Waals surface area (Å²) in [5.74, 6) is -0.264. The first kappa shape index (κ1) is 19.4. The predicted octanol–water partition coefficient (Wildman–Crippen LogP) is 3.88. The topological polar surface area (TPSA) is 49.3 Å². The molecule has 0 aromatic rings. The molecule has 2 N–H and O–H groups in total. The maximum Gasteiger partial charge on any atom is 0.245 e. The summed E-state index contributed by atoms with van der Waals surface area (Å²) >= 11 is 0. The molecular formula is C18H29NO2. The quantitative estimate of drug-likeness (QED) is 0.211. The van der Waals surface area contributed by atoms with Crippen LogP contribution in [0.5, 0.6) is 0 Å². The van der Waals surface area contributed by atoms with E-state index < -0.39 is 6.23 Å². The molecule has 0 aromatic heterocycles. The molecule has 0 aliphatic rings. The fraction of sp³-hybridized carbons (Fsp3) is 0.500. The van der Waals surface area contributed by atoms with E-state index in [-0.39, 0.29) is 11.8 Å². The summed E-state index contributed by atoms with van der Waals surface area (Å²) in [4.78, 5) is 11.4. The number of nitrogens with one attached hydrogen (secondary N) is 1. The Bertz CT molecular complexity index is 379. The van der Waals surface area contributed by atoms with Gasteiger partial charge in [0.25, 0.3) is 0 Å². The predicted molar refractivity (Wildman–Crippen MR) is 89.7 cm³/mol. The van der Waals surface area contributed by atoms with Gasteiger partial charge in [0.15, 0.2) is 0 Å². The molecule has 0 unspecified atom stereocenters. The number of allylic oxidation sites excluding steroid dienone is 7. The van der Waals surface area contributed by atoms with Crippen molar-refractivity contribution in [2.24, 2.45) is 5.92 Å². The second kappa shape index (κ2) is 13.4. The summed E-state index contributed by atoms with van der Waals surface area (Å²) in [7, 11) is 0. The Balaban J connectivity index is 3.73. The van der Waals surface area contributed by atoms with E-state index in [1.165, 1.54) is 6.08 Å². The van der Waals surface area contributed by atoms with Crippen molar-refractivity contribution in [3.63, 3.8) is 0 Å². The largest absolute Gasteiger partial charge is 0.373 e. The number of carbonyl (C=O) groups excluding carboxylic acids is 1. The van der Waals surface area contributed by atoms with E-state index in [2.05, 4.69) is 36.5 Å². The molecule has 0 aliphatic carbocycles. The van der Waals surface area contributed by atoms with Gasteiger partial charge in [-0.3, -0.25) is 4.79 Å². The summed E-state index contributed by atoms with van der Waals surface area (Å²) < 4.78 is 0. The van der Waals surface area contributed by atoms with Gasteiger partial charge in [0, 0.05) is 6.08 Å². The number of carbonyl (C=O) groups is 1. The van der Waals surface area contributed by atoms with E-state index in [0.29, 0.717) is 0 Å². The van der Waals surface area contributed by atoms with Crippen LogP contribution in [0.4, 0.5) is 0 Å². The molecule has 1 amide bonds. The molecule has 0 radical (unpaired) electrons. The van der Waals surface area contributed by atoms with Crippen LogP contribution in [0.2, 0.25) is 0 Å². The zero-order valence-corrected chi connectivity index (χ0v) is 13.5. The SMILES string of the molecule is CC/C=C\C/C=C\CC/C=C/C=C/C(=O)N[C@H](O)C(C)C. The Hall–Kier alpha value is -1.61. The van der Waals surface area contributed by atoms with Gasteiger partial charge < -0.3 is 10.4 Å². The van der Waals surface area contributed by atoms with Crippen LogP contribution in [-0.4, -0.2) is 17.2 Å². The number of unbranched alkanes of at least 4 members (excludes halogenated alkanes) is 1. The number of amides is 1. The summed E-state index contributed by atoms with van der Waals surface area (Å²) in [6.07, 6.45) is 18.9. The van der Waals surface area contributed by atoms with Crippen molar-refractivity contribution < 1.29 is 9.90 Å². The van der Waals surface area contributed by atoms with Gasteiger partial charge in [0.05, 0.1) is 0 Å². The molecule has 0 saturated heterocycles. The van der Waals surface area contributed by atoms with Crippen molar-refractivity contribution in [1.29, 1.82) is 0 Å². The number of aliphatic hydroxyl groups is 1. The van der Waals surface area contributed by atoms with E-state index in [0.717, 1.165) is 25.7 Å². The zero-order chi connectivity index (χ0) is 15.9. The second-order valence-corrected chi connectivity index (χ2v) is 5.15.